The van der Waals surface area contributed by atoms with Gasteiger partial charge in [0.15, 0.2) is 6.29 Å². The molecule has 5 N–H and O–H groups in total. The van der Waals surface area contributed by atoms with E-state index in [1.54, 1.807) is 24.3 Å². The van der Waals surface area contributed by atoms with Crippen LogP contribution in [-0.4, -0.2) is 63.6 Å². The van der Waals surface area contributed by atoms with Gasteiger partial charge in [0.1, 0.15) is 24.4 Å². The second-order valence-corrected chi connectivity index (χ2v) is 4.56. The molecule has 1 aliphatic heterocycles. The summed E-state index contributed by atoms with van der Waals surface area (Å²) in [7, 11) is 0. The number of hydrogen-bond donors (Lipinski definition) is 5. The molecule has 2 rings (SSSR count). The van der Waals surface area contributed by atoms with E-state index in [0.717, 1.165) is 0 Å². The molecule has 5 atom stereocenters. The van der Waals surface area contributed by atoms with E-state index in [1.807, 2.05) is 0 Å². The molecule has 1 heterocycles. The van der Waals surface area contributed by atoms with Crippen LogP contribution in [-0.2, 0) is 9.53 Å². The van der Waals surface area contributed by atoms with E-state index >= 15 is 0 Å². The van der Waals surface area contributed by atoms with Crippen molar-refractivity contribution in [1.29, 1.82) is 0 Å². The van der Waals surface area contributed by atoms with Gasteiger partial charge in [0, 0.05) is 0 Å². The molecule has 2 aliphatic rings. The Morgan fingerprint density at radius 1 is 1.16 bits per heavy atom. The van der Waals surface area contributed by atoms with E-state index in [0.29, 0.717) is 0 Å². The number of aliphatic hydroxyl groups is 4. The summed E-state index contributed by atoms with van der Waals surface area (Å²) in [5.74, 6) is -0.876. The second kappa shape index (κ2) is 5.81. The van der Waals surface area contributed by atoms with Crippen LogP contribution in [0, 0.1) is 5.92 Å². The summed E-state index contributed by atoms with van der Waals surface area (Å²) in [5, 5.41) is 40.6. The highest BCUT2D eigenvalue weighted by molar-refractivity contribution is 5.83. The maximum atomic E-state index is 11.8. The molecule has 1 aliphatic carbocycles. The van der Waals surface area contributed by atoms with E-state index in [2.05, 4.69) is 5.32 Å². The topological polar surface area (TPSA) is 119 Å². The summed E-state index contributed by atoms with van der Waals surface area (Å²) in [5.41, 5.74) is 0. The summed E-state index contributed by atoms with van der Waals surface area (Å²) in [6, 6.07) is -1.15. The molecule has 0 saturated carbocycles. The van der Waals surface area contributed by atoms with Crippen molar-refractivity contribution >= 4 is 5.91 Å². The van der Waals surface area contributed by atoms with E-state index in [4.69, 9.17) is 9.84 Å². The average Bonchev–Trinajstić information content (AvgIpc) is 2.92. The molecule has 1 amide bonds. The standard InChI is InChI=1S/C12H17NO6/c14-5-7-9(15)10(16)8(12(18)19-7)13-11(17)6-3-1-2-4-6/h1-4,6-10,12,14-16,18H,5H2,(H,13,17)/t7-,8-,9-,10-,12-/m1/s1. The van der Waals surface area contributed by atoms with Crippen molar-refractivity contribution in [3.05, 3.63) is 24.3 Å². The van der Waals surface area contributed by atoms with Gasteiger partial charge in [-0.15, -0.1) is 0 Å². The fourth-order valence-electron chi connectivity index (χ4n) is 2.12. The highest BCUT2D eigenvalue weighted by Crippen LogP contribution is 2.20. The van der Waals surface area contributed by atoms with Crippen molar-refractivity contribution in [3.63, 3.8) is 0 Å². The molecule has 0 spiro atoms. The fourth-order valence-corrected chi connectivity index (χ4v) is 2.12. The van der Waals surface area contributed by atoms with Gasteiger partial charge in [-0.1, -0.05) is 24.3 Å². The lowest BCUT2D eigenvalue weighted by Gasteiger charge is -2.40. The number of carbonyl (C=O) groups excluding carboxylic acids is 1. The van der Waals surface area contributed by atoms with Gasteiger partial charge < -0.3 is 30.5 Å². The highest BCUT2D eigenvalue weighted by Gasteiger charge is 2.44. The third-order valence-corrected chi connectivity index (χ3v) is 3.26. The predicted molar refractivity (Wildman–Crippen MR) is 63.7 cm³/mol. The van der Waals surface area contributed by atoms with E-state index in [-0.39, 0.29) is 0 Å². The van der Waals surface area contributed by atoms with Gasteiger partial charge in [-0.25, -0.2) is 0 Å². The Labute approximate surface area is 109 Å². The largest absolute Gasteiger partial charge is 0.394 e. The molecule has 1 fully saturated rings. The first-order valence-electron chi connectivity index (χ1n) is 6.00. The van der Waals surface area contributed by atoms with Crippen molar-refractivity contribution in [2.45, 2.75) is 30.6 Å². The number of hydrogen-bond acceptors (Lipinski definition) is 6. The molecule has 0 aromatic carbocycles. The van der Waals surface area contributed by atoms with Crippen molar-refractivity contribution in [2.75, 3.05) is 6.61 Å². The number of aliphatic hydroxyl groups excluding tert-OH is 4. The number of ether oxygens (including phenoxy) is 1. The van der Waals surface area contributed by atoms with Gasteiger partial charge in [-0.05, 0) is 0 Å². The Morgan fingerprint density at radius 2 is 1.79 bits per heavy atom. The minimum atomic E-state index is -1.49. The molecule has 0 unspecified atom stereocenters. The Bertz CT molecular complexity index is 384. The lowest BCUT2D eigenvalue weighted by atomic mass is 9.96. The second-order valence-electron chi connectivity index (χ2n) is 4.56. The molecule has 1 saturated heterocycles. The first kappa shape index (κ1) is 14.2. The number of carbonyl (C=O) groups is 1. The van der Waals surface area contributed by atoms with Crippen LogP contribution in [0.25, 0.3) is 0 Å². The molecule has 0 aromatic rings. The smallest absolute Gasteiger partial charge is 0.231 e. The summed E-state index contributed by atoms with van der Waals surface area (Å²) >= 11 is 0. The molecular weight excluding hydrogens is 254 g/mol. The fraction of sp³-hybridized carbons (Fsp3) is 0.583. The summed E-state index contributed by atoms with van der Waals surface area (Å²) < 4.78 is 4.94. The maximum Gasteiger partial charge on any atom is 0.231 e. The SMILES string of the molecule is O=C(N[C@@H]1[C@@H](O)[C@H](O)[C@@H](CO)O[C@H]1O)C1C=CC=C1. The lowest BCUT2D eigenvalue weighted by Crippen LogP contribution is -2.64. The normalized spacial score (nSPS) is 38.6. The van der Waals surface area contributed by atoms with Gasteiger partial charge in [0.2, 0.25) is 5.91 Å². The zero-order chi connectivity index (χ0) is 14.0. The van der Waals surface area contributed by atoms with Crippen molar-refractivity contribution in [2.24, 2.45) is 5.92 Å². The summed E-state index contributed by atoms with van der Waals surface area (Å²) in [4.78, 5) is 11.8. The van der Waals surface area contributed by atoms with Crippen LogP contribution in [0.3, 0.4) is 0 Å². The molecule has 7 nitrogen and oxygen atoms in total. The van der Waals surface area contributed by atoms with Crippen LogP contribution in [0.15, 0.2) is 24.3 Å². The minimum Gasteiger partial charge on any atom is -0.394 e. The van der Waals surface area contributed by atoms with Crippen molar-refractivity contribution in [1.82, 2.24) is 5.32 Å². The monoisotopic (exact) mass is 271 g/mol. The van der Waals surface area contributed by atoms with Crippen LogP contribution in [0.4, 0.5) is 0 Å². The molecule has 0 bridgehead atoms. The van der Waals surface area contributed by atoms with Crippen molar-refractivity contribution < 1.29 is 30.0 Å². The average molecular weight is 271 g/mol. The number of nitrogens with one attached hydrogen (secondary N) is 1. The molecule has 7 heteroatoms. The van der Waals surface area contributed by atoms with Crippen LogP contribution in [0.1, 0.15) is 0 Å². The summed E-state index contributed by atoms with van der Waals surface area (Å²) in [6.07, 6.45) is 1.37. The summed E-state index contributed by atoms with van der Waals surface area (Å²) in [6.45, 7) is -0.538. The van der Waals surface area contributed by atoms with Crippen LogP contribution in [0.5, 0.6) is 0 Å². The number of allylic oxidation sites excluding steroid dienone is 2. The maximum absolute atomic E-state index is 11.8. The highest BCUT2D eigenvalue weighted by atomic mass is 16.6. The van der Waals surface area contributed by atoms with E-state index < -0.39 is 49.1 Å². The lowest BCUT2D eigenvalue weighted by molar-refractivity contribution is -0.253. The third kappa shape index (κ3) is 2.85. The number of amides is 1. The Hall–Kier alpha value is -1.25. The van der Waals surface area contributed by atoms with Gasteiger partial charge in [0.25, 0.3) is 0 Å². The molecule has 0 aromatic heterocycles. The Kier molecular flexibility index (Phi) is 4.33. The van der Waals surface area contributed by atoms with Crippen LogP contribution >= 0.6 is 0 Å². The molecule has 106 valence electrons. The molecular formula is C12H17NO6. The molecule has 19 heavy (non-hydrogen) atoms. The van der Waals surface area contributed by atoms with Crippen LogP contribution in [0.2, 0.25) is 0 Å². The zero-order valence-corrected chi connectivity index (χ0v) is 10.1. The first-order chi connectivity index (χ1) is 9.04. The van der Waals surface area contributed by atoms with E-state index in [9.17, 15) is 20.1 Å². The quantitative estimate of drug-likeness (QED) is 0.392. The molecule has 0 radical (unpaired) electrons. The van der Waals surface area contributed by atoms with Gasteiger partial charge >= 0.3 is 0 Å². The zero-order valence-electron chi connectivity index (χ0n) is 10.1. The number of rotatable bonds is 3. The van der Waals surface area contributed by atoms with Crippen molar-refractivity contribution in [3.8, 4) is 0 Å². The third-order valence-electron chi connectivity index (χ3n) is 3.26. The minimum absolute atomic E-state index is 0.411. The van der Waals surface area contributed by atoms with E-state index in [1.165, 1.54) is 0 Å². The first-order valence-corrected chi connectivity index (χ1v) is 6.00. The van der Waals surface area contributed by atoms with Gasteiger partial charge in [-0.2, -0.15) is 0 Å². The van der Waals surface area contributed by atoms with Gasteiger partial charge in [-0.3, -0.25) is 4.79 Å². The Morgan fingerprint density at radius 3 is 2.37 bits per heavy atom. The van der Waals surface area contributed by atoms with Crippen LogP contribution < -0.4 is 5.32 Å². The Balaban J connectivity index is 2.01. The predicted octanol–water partition coefficient (Wildman–Crippen LogP) is -2.36. The van der Waals surface area contributed by atoms with Gasteiger partial charge in [0.05, 0.1) is 12.5 Å².